The van der Waals surface area contributed by atoms with Gasteiger partial charge in [0.2, 0.25) is 0 Å². The molecular formula is C8H15I. The monoisotopic (exact) mass is 238 g/mol. The van der Waals surface area contributed by atoms with E-state index in [0.717, 1.165) is 9.84 Å². The fraction of sp³-hybridized carbons (Fsp3) is 0.750. The lowest BCUT2D eigenvalue weighted by atomic mass is 10.1. The van der Waals surface area contributed by atoms with Gasteiger partial charge >= 0.3 is 0 Å². The van der Waals surface area contributed by atoms with Gasteiger partial charge in [-0.2, -0.15) is 0 Å². The molecular weight excluding hydrogens is 223 g/mol. The first-order chi connectivity index (χ1) is 4.18. The zero-order valence-corrected chi connectivity index (χ0v) is 8.55. The van der Waals surface area contributed by atoms with Gasteiger partial charge in [0, 0.05) is 3.92 Å². The van der Waals surface area contributed by atoms with Gasteiger partial charge in [0.05, 0.1) is 0 Å². The van der Waals surface area contributed by atoms with Gasteiger partial charge in [-0.1, -0.05) is 48.6 Å². The van der Waals surface area contributed by atoms with Crippen LogP contribution < -0.4 is 0 Å². The highest BCUT2D eigenvalue weighted by molar-refractivity contribution is 14.1. The molecule has 54 valence electrons. The van der Waals surface area contributed by atoms with E-state index in [2.05, 4.69) is 55.5 Å². The van der Waals surface area contributed by atoms with Gasteiger partial charge < -0.3 is 0 Å². The summed E-state index contributed by atoms with van der Waals surface area (Å²) in [5.41, 5.74) is 0. The fourth-order valence-electron chi connectivity index (χ4n) is 0.538. The van der Waals surface area contributed by atoms with E-state index in [1.54, 1.807) is 0 Å². The Morgan fingerprint density at radius 2 is 2.00 bits per heavy atom. The molecule has 0 aromatic rings. The van der Waals surface area contributed by atoms with Gasteiger partial charge in [-0.05, 0) is 19.3 Å². The Hall–Kier alpha value is 0.470. The maximum atomic E-state index is 2.50. The minimum Gasteiger partial charge on any atom is -0.0916 e. The molecule has 0 saturated carbocycles. The number of hydrogen-bond donors (Lipinski definition) is 0. The Kier molecular flexibility index (Phi) is 5.55. The van der Waals surface area contributed by atoms with Crippen LogP contribution in [0.1, 0.15) is 27.2 Å². The molecule has 0 saturated heterocycles. The van der Waals surface area contributed by atoms with Crippen LogP contribution in [0.3, 0.4) is 0 Å². The molecule has 1 heteroatoms. The summed E-state index contributed by atoms with van der Waals surface area (Å²) in [5.74, 6) is 0.807. The highest BCUT2D eigenvalue weighted by Gasteiger charge is 2.04. The summed E-state index contributed by atoms with van der Waals surface area (Å²) in [4.78, 5) is 0. The minimum absolute atomic E-state index is 0.804. The third-order valence-electron chi connectivity index (χ3n) is 1.32. The maximum absolute atomic E-state index is 2.50. The van der Waals surface area contributed by atoms with E-state index in [0.29, 0.717) is 0 Å². The molecule has 0 aliphatic heterocycles. The Morgan fingerprint density at radius 1 is 1.44 bits per heavy atom. The van der Waals surface area contributed by atoms with Crippen LogP contribution in [0.15, 0.2) is 12.2 Å². The first-order valence-corrected chi connectivity index (χ1v) is 4.68. The molecule has 0 fully saturated rings. The predicted molar refractivity (Wildman–Crippen MR) is 52.1 cm³/mol. The van der Waals surface area contributed by atoms with E-state index in [1.807, 2.05) is 0 Å². The molecule has 0 bridgehead atoms. The molecule has 0 heterocycles. The van der Waals surface area contributed by atoms with Crippen LogP contribution in [0.2, 0.25) is 0 Å². The second-order valence-electron chi connectivity index (χ2n) is 2.56. The summed E-state index contributed by atoms with van der Waals surface area (Å²) in [6.45, 7) is 6.60. The van der Waals surface area contributed by atoms with Gasteiger partial charge in [-0.15, -0.1) is 0 Å². The van der Waals surface area contributed by atoms with Crippen molar-refractivity contribution in [3.8, 4) is 0 Å². The number of rotatable bonds is 3. The quantitative estimate of drug-likeness (QED) is 0.401. The number of allylic oxidation sites excluding steroid dienone is 2. The van der Waals surface area contributed by atoms with Crippen LogP contribution in [0.25, 0.3) is 0 Å². The van der Waals surface area contributed by atoms with Crippen molar-refractivity contribution >= 4 is 22.6 Å². The van der Waals surface area contributed by atoms with Crippen molar-refractivity contribution in [2.45, 2.75) is 31.1 Å². The van der Waals surface area contributed by atoms with Gasteiger partial charge in [0.1, 0.15) is 0 Å². The van der Waals surface area contributed by atoms with E-state index in [-0.39, 0.29) is 0 Å². The molecule has 0 amide bonds. The molecule has 0 N–H and O–H groups in total. The summed E-state index contributed by atoms with van der Waals surface area (Å²) < 4.78 is 0.804. The normalized spacial score (nSPS) is 15.2. The maximum Gasteiger partial charge on any atom is 0.0167 e. The van der Waals surface area contributed by atoms with E-state index in [4.69, 9.17) is 0 Å². The summed E-state index contributed by atoms with van der Waals surface area (Å²) in [6, 6.07) is 0. The second kappa shape index (κ2) is 5.27. The zero-order valence-electron chi connectivity index (χ0n) is 6.39. The molecule has 1 unspecified atom stereocenters. The van der Waals surface area contributed by atoms with Gasteiger partial charge in [0.25, 0.3) is 0 Å². The molecule has 0 aromatic heterocycles. The minimum atomic E-state index is 0.804. The van der Waals surface area contributed by atoms with Crippen molar-refractivity contribution in [3.05, 3.63) is 12.2 Å². The highest BCUT2D eigenvalue weighted by atomic mass is 127. The smallest absolute Gasteiger partial charge is 0.0167 e. The van der Waals surface area contributed by atoms with Gasteiger partial charge in [-0.3, -0.25) is 0 Å². The zero-order chi connectivity index (χ0) is 7.28. The molecule has 0 aromatic carbocycles. The summed E-state index contributed by atoms with van der Waals surface area (Å²) in [6.07, 6.45) is 5.57. The molecule has 0 nitrogen and oxygen atoms in total. The first kappa shape index (κ1) is 9.47. The average Bonchev–Trinajstić information content (AvgIpc) is 1.82. The van der Waals surface area contributed by atoms with Crippen molar-refractivity contribution in [1.29, 1.82) is 0 Å². The van der Waals surface area contributed by atoms with E-state index in [9.17, 15) is 0 Å². The third kappa shape index (κ3) is 4.94. The molecule has 9 heavy (non-hydrogen) atoms. The van der Waals surface area contributed by atoms with Crippen molar-refractivity contribution < 1.29 is 0 Å². The van der Waals surface area contributed by atoms with Crippen LogP contribution in [0, 0.1) is 5.92 Å². The standard InChI is InChI=1S/C8H15I/c1-4-5-6-8(9)7(2)3/h4-5,7-8H,6H2,1-3H3/b5-4-. The van der Waals surface area contributed by atoms with Crippen LogP contribution in [-0.4, -0.2) is 3.92 Å². The van der Waals surface area contributed by atoms with Crippen molar-refractivity contribution in [2.24, 2.45) is 5.92 Å². The highest BCUT2D eigenvalue weighted by Crippen LogP contribution is 2.16. The lowest BCUT2D eigenvalue weighted by Crippen LogP contribution is -2.04. The van der Waals surface area contributed by atoms with E-state index >= 15 is 0 Å². The summed E-state index contributed by atoms with van der Waals surface area (Å²) in [7, 11) is 0. The van der Waals surface area contributed by atoms with Crippen LogP contribution >= 0.6 is 22.6 Å². The number of hydrogen-bond acceptors (Lipinski definition) is 0. The summed E-state index contributed by atoms with van der Waals surface area (Å²) >= 11 is 2.50. The Bertz CT molecular complexity index is 84.6. The molecule has 0 radical (unpaired) electrons. The first-order valence-electron chi connectivity index (χ1n) is 3.43. The van der Waals surface area contributed by atoms with Crippen molar-refractivity contribution in [3.63, 3.8) is 0 Å². The number of alkyl halides is 1. The fourth-order valence-corrected chi connectivity index (χ4v) is 0.832. The number of halogens is 1. The SMILES string of the molecule is C/C=C\CC(I)C(C)C. The third-order valence-corrected chi connectivity index (χ3v) is 3.27. The van der Waals surface area contributed by atoms with Crippen molar-refractivity contribution in [1.82, 2.24) is 0 Å². The van der Waals surface area contributed by atoms with E-state index < -0.39 is 0 Å². The lowest BCUT2D eigenvalue weighted by molar-refractivity contribution is 0.631. The Balaban J connectivity index is 3.38. The van der Waals surface area contributed by atoms with Crippen LogP contribution in [0.4, 0.5) is 0 Å². The van der Waals surface area contributed by atoms with Crippen LogP contribution in [-0.2, 0) is 0 Å². The summed E-state index contributed by atoms with van der Waals surface area (Å²) in [5, 5.41) is 0. The van der Waals surface area contributed by atoms with Gasteiger partial charge in [-0.25, -0.2) is 0 Å². The lowest BCUT2D eigenvalue weighted by Gasteiger charge is -2.09. The van der Waals surface area contributed by atoms with Crippen molar-refractivity contribution in [2.75, 3.05) is 0 Å². The predicted octanol–water partition coefficient (Wildman–Crippen LogP) is 3.41. The molecule has 0 aliphatic rings. The van der Waals surface area contributed by atoms with Gasteiger partial charge in [0.15, 0.2) is 0 Å². The average molecular weight is 238 g/mol. The topological polar surface area (TPSA) is 0 Å². The molecule has 0 spiro atoms. The van der Waals surface area contributed by atoms with E-state index in [1.165, 1.54) is 6.42 Å². The second-order valence-corrected chi connectivity index (χ2v) is 4.16. The van der Waals surface area contributed by atoms with Crippen LogP contribution in [0.5, 0.6) is 0 Å². The Morgan fingerprint density at radius 3 is 2.33 bits per heavy atom. The Labute approximate surface area is 71.9 Å². The molecule has 0 aliphatic carbocycles. The molecule has 1 atom stereocenters. The molecule has 0 rings (SSSR count). The largest absolute Gasteiger partial charge is 0.0916 e.